The number of anilines is 1. The molecule has 2 aromatic rings. The van der Waals surface area contributed by atoms with Crippen LogP contribution in [-0.2, 0) is 6.54 Å². The summed E-state index contributed by atoms with van der Waals surface area (Å²) in [7, 11) is 3.81. The van der Waals surface area contributed by atoms with Crippen LogP contribution in [0.15, 0.2) is 42.5 Å². The molecule has 0 bridgehead atoms. The Bertz CT molecular complexity index is 709. The molecule has 1 aromatic heterocycles. The van der Waals surface area contributed by atoms with Crippen molar-refractivity contribution in [1.82, 2.24) is 15.6 Å². The number of carbonyl (C=O) groups is 1. The van der Waals surface area contributed by atoms with E-state index in [-0.39, 0.29) is 24.4 Å². The predicted octanol–water partition coefficient (Wildman–Crippen LogP) is 2.55. The Hall–Kier alpha value is -2.83. The number of halogens is 1. The zero-order chi connectivity index (χ0) is 18.2. The molecule has 0 spiro atoms. The Balaban J connectivity index is 1.76. The lowest BCUT2D eigenvalue weighted by Gasteiger charge is -2.16. The van der Waals surface area contributed by atoms with Gasteiger partial charge in [-0.3, -0.25) is 0 Å². The number of ether oxygens (including phenoxy) is 1. The number of nitrogens with one attached hydrogen (secondary N) is 2. The van der Waals surface area contributed by atoms with Gasteiger partial charge in [0, 0.05) is 14.1 Å². The van der Waals surface area contributed by atoms with Gasteiger partial charge in [-0.2, -0.15) is 0 Å². The summed E-state index contributed by atoms with van der Waals surface area (Å²) >= 11 is 0. The number of urea groups is 1. The van der Waals surface area contributed by atoms with Crippen molar-refractivity contribution in [2.24, 2.45) is 0 Å². The SMILES string of the molecule is C[C@H](COc1ccccc1F)NC(=O)NCc1cccc(N(C)C)n1. The van der Waals surface area contributed by atoms with Crippen LogP contribution in [0.4, 0.5) is 15.0 Å². The number of nitrogens with zero attached hydrogens (tertiary/aromatic N) is 2. The monoisotopic (exact) mass is 346 g/mol. The summed E-state index contributed by atoms with van der Waals surface area (Å²) < 4.78 is 18.8. The molecule has 1 atom stereocenters. The van der Waals surface area contributed by atoms with E-state index in [1.54, 1.807) is 25.1 Å². The Morgan fingerprint density at radius 1 is 1.24 bits per heavy atom. The van der Waals surface area contributed by atoms with Gasteiger partial charge in [-0.15, -0.1) is 0 Å². The van der Waals surface area contributed by atoms with Crippen molar-refractivity contribution in [1.29, 1.82) is 0 Å². The molecule has 7 heteroatoms. The zero-order valence-corrected chi connectivity index (χ0v) is 14.6. The van der Waals surface area contributed by atoms with Crippen LogP contribution in [-0.4, -0.2) is 37.8 Å². The quantitative estimate of drug-likeness (QED) is 0.809. The molecule has 2 amide bonds. The molecule has 6 nitrogen and oxygen atoms in total. The predicted molar refractivity (Wildman–Crippen MR) is 95.3 cm³/mol. The van der Waals surface area contributed by atoms with E-state index in [9.17, 15) is 9.18 Å². The van der Waals surface area contributed by atoms with E-state index < -0.39 is 5.82 Å². The highest BCUT2D eigenvalue weighted by Crippen LogP contribution is 2.15. The van der Waals surface area contributed by atoms with E-state index in [0.717, 1.165) is 11.5 Å². The van der Waals surface area contributed by atoms with Gasteiger partial charge in [-0.05, 0) is 31.2 Å². The lowest BCUT2D eigenvalue weighted by Crippen LogP contribution is -2.43. The Morgan fingerprint density at radius 2 is 2.00 bits per heavy atom. The first-order valence-electron chi connectivity index (χ1n) is 8.00. The maximum Gasteiger partial charge on any atom is 0.315 e. The highest BCUT2D eigenvalue weighted by molar-refractivity contribution is 5.74. The third-order valence-corrected chi connectivity index (χ3v) is 3.38. The third kappa shape index (κ3) is 5.95. The van der Waals surface area contributed by atoms with Crippen molar-refractivity contribution < 1.29 is 13.9 Å². The molecular formula is C18H23FN4O2. The zero-order valence-electron chi connectivity index (χ0n) is 14.6. The van der Waals surface area contributed by atoms with Crippen LogP contribution in [0.3, 0.4) is 0 Å². The van der Waals surface area contributed by atoms with Gasteiger partial charge in [0.15, 0.2) is 11.6 Å². The summed E-state index contributed by atoms with van der Waals surface area (Å²) in [6.45, 7) is 2.27. The van der Waals surface area contributed by atoms with Crippen LogP contribution in [0.1, 0.15) is 12.6 Å². The first-order chi connectivity index (χ1) is 12.0. The molecule has 1 aromatic carbocycles. The summed E-state index contributed by atoms with van der Waals surface area (Å²) in [6, 6.07) is 11.2. The standard InChI is InChI=1S/C18H23FN4O2/c1-13(12-25-16-9-5-4-8-15(16)19)21-18(24)20-11-14-7-6-10-17(22-14)23(2)3/h4-10,13H,11-12H2,1-3H3,(H2,20,21,24)/t13-/m1/s1. The molecule has 1 heterocycles. The Kier molecular flexibility index (Phi) is 6.56. The number of benzene rings is 1. The molecule has 0 saturated carbocycles. The summed E-state index contributed by atoms with van der Waals surface area (Å²) in [4.78, 5) is 18.3. The number of para-hydroxylation sites is 1. The molecule has 0 saturated heterocycles. The van der Waals surface area contributed by atoms with Crippen molar-refractivity contribution in [3.8, 4) is 5.75 Å². The molecule has 25 heavy (non-hydrogen) atoms. The van der Waals surface area contributed by atoms with E-state index >= 15 is 0 Å². The molecule has 134 valence electrons. The second kappa shape index (κ2) is 8.86. The highest BCUT2D eigenvalue weighted by atomic mass is 19.1. The van der Waals surface area contributed by atoms with Crippen LogP contribution in [0, 0.1) is 5.82 Å². The van der Waals surface area contributed by atoms with Gasteiger partial charge < -0.3 is 20.3 Å². The number of amides is 2. The summed E-state index contributed by atoms with van der Waals surface area (Å²) in [5.74, 6) is 0.568. The average Bonchev–Trinajstić information content (AvgIpc) is 2.59. The second-order valence-corrected chi connectivity index (χ2v) is 5.85. The van der Waals surface area contributed by atoms with Crippen molar-refractivity contribution in [3.05, 3.63) is 54.0 Å². The molecule has 0 radical (unpaired) electrons. The van der Waals surface area contributed by atoms with Crippen molar-refractivity contribution in [3.63, 3.8) is 0 Å². The van der Waals surface area contributed by atoms with Crippen LogP contribution in [0.25, 0.3) is 0 Å². The fourth-order valence-corrected chi connectivity index (χ4v) is 2.08. The van der Waals surface area contributed by atoms with E-state index in [2.05, 4.69) is 15.6 Å². The lowest BCUT2D eigenvalue weighted by atomic mass is 10.3. The number of pyridine rings is 1. The number of carbonyl (C=O) groups excluding carboxylic acids is 1. The fourth-order valence-electron chi connectivity index (χ4n) is 2.08. The first-order valence-corrected chi connectivity index (χ1v) is 8.00. The summed E-state index contributed by atoms with van der Waals surface area (Å²) in [6.07, 6.45) is 0. The average molecular weight is 346 g/mol. The van der Waals surface area contributed by atoms with Gasteiger partial charge in [-0.25, -0.2) is 14.2 Å². The van der Waals surface area contributed by atoms with Crippen LogP contribution < -0.4 is 20.3 Å². The Morgan fingerprint density at radius 3 is 2.72 bits per heavy atom. The fraction of sp³-hybridized carbons (Fsp3) is 0.333. The highest BCUT2D eigenvalue weighted by Gasteiger charge is 2.10. The van der Waals surface area contributed by atoms with Crippen LogP contribution in [0.2, 0.25) is 0 Å². The summed E-state index contributed by atoms with van der Waals surface area (Å²) in [5, 5.41) is 5.49. The van der Waals surface area contributed by atoms with Crippen molar-refractivity contribution >= 4 is 11.8 Å². The van der Waals surface area contributed by atoms with E-state index in [1.165, 1.54) is 6.07 Å². The van der Waals surface area contributed by atoms with Crippen molar-refractivity contribution in [2.45, 2.75) is 19.5 Å². The van der Waals surface area contributed by atoms with Gasteiger partial charge in [0.05, 0.1) is 18.3 Å². The smallest absolute Gasteiger partial charge is 0.315 e. The third-order valence-electron chi connectivity index (χ3n) is 3.38. The molecule has 2 rings (SSSR count). The number of rotatable bonds is 7. The van der Waals surface area contributed by atoms with Gasteiger partial charge in [0.25, 0.3) is 0 Å². The minimum Gasteiger partial charge on any atom is -0.488 e. The molecule has 0 aliphatic heterocycles. The number of aromatic nitrogens is 1. The maximum atomic E-state index is 13.5. The normalized spacial score (nSPS) is 11.5. The number of hydrogen-bond acceptors (Lipinski definition) is 4. The topological polar surface area (TPSA) is 66.5 Å². The first kappa shape index (κ1) is 18.5. The maximum absolute atomic E-state index is 13.5. The molecular weight excluding hydrogens is 323 g/mol. The van der Waals surface area contributed by atoms with Gasteiger partial charge >= 0.3 is 6.03 Å². The molecule has 0 aliphatic rings. The second-order valence-electron chi connectivity index (χ2n) is 5.85. The number of hydrogen-bond donors (Lipinski definition) is 2. The lowest BCUT2D eigenvalue weighted by molar-refractivity contribution is 0.224. The molecule has 2 N–H and O–H groups in total. The van der Waals surface area contributed by atoms with Gasteiger partial charge in [0.1, 0.15) is 12.4 Å². The van der Waals surface area contributed by atoms with Crippen molar-refractivity contribution in [2.75, 3.05) is 25.6 Å². The Labute approximate surface area is 147 Å². The molecule has 0 fully saturated rings. The van der Waals surface area contributed by atoms with E-state index in [1.807, 2.05) is 37.2 Å². The minimum absolute atomic E-state index is 0.168. The van der Waals surface area contributed by atoms with E-state index in [4.69, 9.17) is 4.74 Å². The largest absolute Gasteiger partial charge is 0.488 e. The van der Waals surface area contributed by atoms with Crippen LogP contribution >= 0.6 is 0 Å². The molecule has 0 aliphatic carbocycles. The van der Waals surface area contributed by atoms with Gasteiger partial charge in [0.2, 0.25) is 0 Å². The molecule has 0 unspecified atom stereocenters. The van der Waals surface area contributed by atoms with Crippen LogP contribution in [0.5, 0.6) is 5.75 Å². The van der Waals surface area contributed by atoms with E-state index in [0.29, 0.717) is 6.54 Å². The van der Waals surface area contributed by atoms with Gasteiger partial charge in [-0.1, -0.05) is 18.2 Å². The summed E-state index contributed by atoms with van der Waals surface area (Å²) in [5.41, 5.74) is 0.761. The minimum atomic E-state index is -0.425.